The van der Waals surface area contributed by atoms with Crippen LogP contribution in [0.5, 0.6) is 0 Å². The smallest absolute Gasteiger partial charge is 0.325 e. The van der Waals surface area contributed by atoms with Gasteiger partial charge in [-0.3, -0.25) is 19.3 Å². The van der Waals surface area contributed by atoms with Crippen molar-refractivity contribution in [1.82, 2.24) is 19.8 Å². The number of nitrogens with one attached hydrogen (secondary N) is 2. The summed E-state index contributed by atoms with van der Waals surface area (Å²) in [6.45, 7) is 2.72. The number of amidine groups is 1. The van der Waals surface area contributed by atoms with Crippen molar-refractivity contribution in [2.45, 2.75) is 50.1 Å². The number of sulfonamides is 1. The number of likely N-dealkylation sites (tertiary alicyclic amines) is 1. The van der Waals surface area contributed by atoms with E-state index in [4.69, 9.17) is 20.9 Å². The lowest BCUT2D eigenvalue weighted by Gasteiger charge is -2.36. The average molecular weight is 733 g/mol. The molecule has 1 saturated heterocycles. The number of fused-ring (bicyclic) bond motifs is 1. The molecule has 0 radical (unpaired) electrons. The molecular weight excluding hydrogens is 689 g/mol. The first-order valence-corrected chi connectivity index (χ1v) is 17.1. The summed E-state index contributed by atoms with van der Waals surface area (Å²) in [6.07, 6.45) is 3.36. The van der Waals surface area contributed by atoms with E-state index in [1.807, 2.05) is 19.2 Å². The number of likely N-dealkylation sites (N-methyl/N-ethyl adjacent to an activating group) is 1. The Balaban J connectivity index is 0.00000325. The van der Waals surface area contributed by atoms with Crippen LogP contribution in [0.2, 0.25) is 0 Å². The number of imidazole rings is 1. The van der Waals surface area contributed by atoms with E-state index in [2.05, 4.69) is 10.2 Å². The molecule has 1 unspecified atom stereocenters. The quantitative estimate of drug-likeness (QED) is 0.105. The van der Waals surface area contributed by atoms with Crippen LogP contribution < -0.4 is 15.4 Å². The molecule has 2 heterocycles. The fourth-order valence-electron chi connectivity index (χ4n) is 5.83. The van der Waals surface area contributed by atoms with E-state index in [1.165, 1.54) is 4.31 Å². The Morgan fingerprint density at radius 2 is 1.78 bits per heavy atom. The summed E-state index contributed by atoms with van der Waals surface area (Å²) in [5, 5.41) is 10.3. The lowest BCUT2D eigenvalue weighted by atomic mass is 10.0. The average Bonchev–Trinajstić information content (AvgIpc) is 3.39. The molecule has 264 valence electrons. The number of benzene rings is 3. The van der Waals surface area contributed by atoms with Gasteiger partial charge in [0.15, 0.2) is 0 Å². The van der Waals surface area contributed by atoms with Crippen LogP contribution in [0, 0.1) is 5.41 Å². The molecule has 0 saturated carbocycles. The minimum Gasteiger partial charge on any atom is -0.465 e. The Hall–Kier alpha value is -4.17. The maximum absolute atomic E-state index is 14.1. The number of nitrogen functional groups attached to an aromatic ring is 1. The second kappa shape index (κ2) is 17.5. The van der Waals surface area contributed by atoms with Crippen molar-refractivity contribution in [2.24, 2.45) is 5.73 Å². The maximum Gasteiger partial charge on any atom is 0.325 e. The predicted molar refractivity (Wildman–Crippen MR) is 195 cm³/mol. The van der Waals surface area contributed by atoms with Crippen LogP contribution in [0.1, 0.15) is 43.1 Å². The SMILES string of the molecule is CCOC(=O)CNC(=O)Cn1c(Cc2ccc(C(=N)N)cc2)nc2cc(N(CC3CCCCN3C)S(=O)(=O)c3ccccc3)ccc21.Cl.Cl. The normalized spacial score (nSPS) is 14.7. The molecule has 1 aromatic heterocycles. The summed E-state index contributed by atoms with van der Waals surface area (Å²) >= 11 is 0. The summed E-state index contributed by atoms with van der Waals surface area (Å²) in [7, 11) is -1.88. The van der Waals surface area contributed by atoms with Crippen LogP contribution in [0.4, 0.5) is 5.69 Å². The Labute approximate surface area is 299 Å². The maximum atomic E-state index is 14.1. The van der Waals surface area contributed by atoms with Crippen molar-refractivity contribution in [3.8, 4) is 0 Å². The number of hydrogen-bond donors (Lipinski definition) is 3. The fourth-order valence-corrected chi connectivity index (χ4v) is 7.34. The highest BCUT2D eigenvalue weighted by atomic mass is 35.5. The lowest BCUT2D eigenvalue weighted by Crippen LogP contribution is -2.46. The van der Waals surface area contributed by atoms with Gasteiger partial charge in [0.1, 0.15) is 24.7 Å². The van der Waals surface area contributed by atoms with Gasteiger partial charge in [-0.25, -0.2) is 13.4 Å². The van der Waals surface area contributed by atoms with E-state index >= 15 is 0 Å². The molecule has 1 aliphatic heterocycles. The molecule has 1 amide bonds. The van der Waals surface area contributed by atoms with Gasteiger partial charge in [0.05, 0.1) is 28.2 Å². The summed E-state index contributed by atoms with van der Waals surface area (Å²) in [4.78, 5) is 32.2. The van der Waals surface area contributed by atoms with E-state index < -0.39 is 21.9 Å². The molecule has 4 N–H and O–H groups in total. The number of anilines is 1. The summed E-state index contributed by atoms with van der Waals surface area (Å²) in [5.41, 5.74) is 8.75. The number of piperidine rings is 1. The minimum atomic E-state index is -3.91. The second-order valence-corrected chi connectivity index (χ2v) is 13.5. The van der Waals surface area contributed by atoms with Crippen molar-refractivity contribution in [1.29, 1.82) is 5.41 Å². The Bertz CT molecular complexity index is 1850. The first-order valence-electron chi connectivity index (χ1n) is 15.7. The minimum absolute atomic E-state index is 0. The highest BCUT2D eigenvalue weighted by Crippen LogP contribution is 2.30. The van der Waals surface area contributed by atoms with Gasteiger partial charge in [0, 0.05) is 24.6 Å². The van der Waals surface area contributed by atoms with Gasteiger partial charge in [-0.05, 0) is 69.3 Å². The van der Waals surface area contributed by atoms with E-state index in [0.29, 0.717) is 34.5 Å². The molecule has 15 heteroatoms. The van der Waals surface area contributed by atoms with Crippen LogP contribution in [-0.4, -0.2) is 79.9 Å². The van der Waals surface area contributed by atoms with Crippen molar-refractivity contribution in [3.63, 3.8) is 0 Å². The van der Waals surface area contributed by atoms with Gasteiger partial charge in [0.2, 0.25) is 5.91 Å². The highest BCUT2D eigenvalue weighted by Gasteiger charge is 2.31. The fraction of sp³-hybridized carbons (Fsp3) is 0.353. The van der Waals surface area contributed by atoms with Crippen LogP contribution in [-0.2, 0) is 37.3 Å². The molecule has 1 aliphatic rings. The molecule has 1 atom stereocenters. The Morgan fingerprint density at radius 1 is 1.06 bits per heavy atom. The summed E-state index contributed by atoms with van der Waals surface area (Å²) in [6, 6.07) is 21.0. The van der Waals surface area contributed by atoms with E-state index in [1.54, 1.807) is 72.2 Å². The predicted octanol–water partition coefficient (Wildman–Crippen LogP) is 4.11. The van der Waals surface area contributed by atoms with Crippen LogP contribution in [0.3, 0.4) is 0 Å². The van der Waals surface area contributed by atoms with Gasteiger partial charge >= 0.3 is 5.97 Å². The van der Waals surface area contributed by atoms with E-state index in [-0.39, 0.29) is 67.8 Å². The third-order valence-corrected chi connectivity index (χ3v) is 10.2. The van der Waals surface area contributed by atoms with Crippen LogP contribution in [0.15, 0.2) is 77.7 Å². The van der Waals surface area contributed by atoms with Gasteiger partial charge in [-0.15, -0.1) is 24.8 Å². The van der Waals surface area contributed by atoms with Gasteiger partial charge in [-0.2, -0.15) is 0 Å². The number of carbonyl (C=O) groups is 2. The largest absolute Gasteiger partial charge is 0.465 e. The second-order valence-electron chi connectivity index (χ2n) is 11.6. The zero-order valence-electron chi connectivity index (χ0n) is 27.5. The Kier molecular flexibility index (Phi) is 14.0. The number of carbonyl (C=O) groups excluding carboxylic acids is 2. The van der Waals surface area contributed by atoms with Crippen molar-refractivity contribution in [3.05, 3.63) is 89.7 Å². The van der Waals surface area contributed by atoms with Crippen LogP contribution >= 0.6 is 24.8 Å². The molecule has 0 bridgehead atoms. The standard InChI is InChI=1S/C34H41N7O5S.2ClH/c1-3-46-33(43)21-37-32(42)23-40-30-17-16-26(20-29(30)38-31(40)19-24-12-14-25(15-13-24)34(35)36)41(22-27-9-7-8-18-39(27)2)47(44,45)28-10-5-4-6-11-28;;/h4-6,10-17,20,27H,3,7-9,18-19,21-23H2,1-2H3,(H3,35,36)(H,37,42);2*1H. The number of esters is 1. The van der Waals surface area contributed by atoms with Crippen LogP contribution in [0.25, 0.3) is 11.0 Å². The van der Waals surface area contributed by atoms with E-state index in [9.17, 15) is 18.0 Å². The number of aromatic nitrogens is 2. The van der Waals surface area contributed by atoms with Gasteiger partial charge in [-0.1, -0.05) is 48.9 Å². The van der Waals surface area contributed by atoms with Gasteiger partial charge < -0.3 is 25.3 Å². The number of amides is 1. The zero-order chi connectivity index (χ0) is 33.6. The number of ether oxygens (including phenoxy) is 1. The molecule has 0 aliphatic carbocycles. The number of nitrogens with two attached hydrogens (primary N) is 1. The zero-order valence-corrected chi connectivity index (χ0v) is 30.0. The molecule has 49 heavy (non-hydrogen) atoms. The van der Waals surface area contributed by atoms with Crippen molar-refractivity contribution < 1.29 is 22.7 Å². The summed E-state index contributed by atoms with van der Waals surface area (Å²) in [5.74, 6) is -0.397. The molecule has 12 nitrogen and oxygen atoms in total. The topological polar surface area (TPSA) is 164 Å². The first-order chi connectivity index (χ1) is 22.6. The molecular formula is C34H43Cl2N7O5S. The first kappa shape index (κ1) is 39.3. The van der Waals surface area contributed by atoms with E-state index in [0.717, 1.165) is 31.4 Å². The molecule has 0 spiro atoms. The third-order valence-electron chi connectivity index (χ3n) is 8.39. The molecule has 1 fully saturated rings. The summed E-state index contributed by atoms with van der Waals surface area (Å²) < 4.78 is 36.4. The Morgan fingerprint density at radius 3 is 2.43 bits per heavy atom. The molecule has 5 rings (SSSR count). The molecule has 3 aromatic carbocycles. The number of halogens is 2. The third kappa shape index (κ3) is 9.50. The molecule has 4 aromatic rings. The number of hydrogen-bond acceptors (Lipinski definition) is 8. The van der Waals surface area contributed by atoms with Gasteiger partial charge in [0.25, 0.3) is 10.0 Å². The lowest BCUT2D eigenvalue weighted by molar-refractivity contribution is -0.143. The highest BCUT2D eigenvalue weighted by molar-refractivity contribution is 7.92. The van der Waals surface area contributed by atoms with Crippen molar-refractivity contribution >= 4 is 69.3 Å². The monoisotopic (exact) mass is 731 g/mol. The number of rotatable bonds is 13. The number of nitrogens with zero attached hydrogens (tertiary/aromatic N) is 4. The van der Waals surface area contributed by atoms with Crippen molar-refractivity contribution in [2.75, 3.05) is 37.6 Å².